The van der Waals surface area contributed by atoms with Crippen LogP contribution in [-0.2, 0) is 25.7 Å². The average Bonchev–Trinajstić information content (AvgIpc) is 2.93. The Morgan fingerprint density at radius 3 is 2.62 bits per heavy atom. The van der Waals surface area contributed by atoms with Gasteiger partial charge in [-0.05, 0) is 11.6 Å². The Hall–Kier alpha value is -3.22. The van der Waals surface area contributed by atoms with Crippen LogP contribution in [0, 0.1) is 0 Å². The van der Waals surface area contributed by atoms with Gasteiger partial charge in [0, 0.05) is 11.8 Å². The molecule has 0 fully saturated rings. The van der Waals surface area contributed by atoms with Gasteiger partial charge in [-0.15, -0.1) is 0 Å². The van der Waals surface area contributed by atoms with Gasteiger partial charge in [0.05, 0.1) is 19.6 Å². The molecule has 7 nitrogen and oxygen atoms in total. The molecule has 0 saturated carbocycles. The smallest absolute Gasteiger partial charge is 0.326 e. The number of aromatic nitrogens is 1. The lowest BCUT2D eigenvalue weighted by molar-refractivity contribution is -0.148. The predicted molar refractivity (Wildman–Crippen MR) is 90.9 cm³/mol. The second-order valence-corrected chi connectivity index (χ2v) is 5.82. The summed E-state index contributed by atoms with van der Waals surface area (Å²) in [5, 5.41) is 0. The predicted octanol–water partition coefficient (Wildman–Crippen LogP) is 1.88. The van der Waals surface area contributed by atoms with Gasteiger partial charge in [0.25, 0.3) is 5.91 Å². The third kappa shape index (κ3) is 3.72. The molecule has 7 heteroatoms. The molecule has 1 unspecified atom stereocenters. The third-order valence-corrected chi connectivity index (χ3v) is 4.17. The van der Waals surface area contributed by atoms with Gasteiger partial charge in [-0.2, -0.15) is 0 Å². The number of rotatable bonds is 6. The Kier molecular flexibility index (Phi) is 5.26. The van der Waals surface area contributed by atoms with Gasteiger partial charge in [0.15, 0.2) is 0 Å². The van der Waals surface area contributed by atoms with Crippen LogP contribution < -0.4 is 0 Å². The average molecular weight is 354 g/mol. The fourth-order valence-electron chi connectivity index (χ4n) is 2.88. The molecule has 1 atom stereocenters. The summed E-state index contributed by atoms with van der Waals surface area (Å²) < 4.78 is 9.95. The molecule has 2 heterocycles. The van der Waals surface area contributed by atoms with Crippen LogP contribution >= 0.6 is 0 Å². The van der Waals surface area contributed by atoms with Gasteiger partial charge in [-0.3, -0.25) is 19.4 Å². The molecule has 26 heavy (non-hydrogen) atoms. The minimum Gasteiger partial charge on any atom is -0.469 e. The van der Waals surface area contributed by atoms with E-state index in [0.29, 0.717) is 5.56 Å². The highest BCUT2D eigenvalue weighted by molar-refractivity contribution is 5.99. The first-order chi connectivity index (χ1) is 12.6. The van der Waals surface area contributed by atoms with Gasteiger partial charge >= 0.3 is 11.9 Å². The maximum atomic E-state index is 12.6. The zero-order chi connectivity index (χ0) is 18.5. The number of pyridine rings is 1. The van der Waals surface area contributed by atoms with E-state index in [4.69, 9.17) is 9.47 Å². The molecule has 0 bridgehead atoms. The molecule has 134 valence electrons. The van der Waals surface area contributed by atoms with Crippen molar-refractivity contribution in [2.45, 2.75) is 19.1 Å². The van der Waals surface area contributed by atoms with E-state index in [1.54, 1.807) is 12.1 Å². The summed E-state index contributed by atoms with van der Waals surface area (Å²) in [5.74, 6) is -1.42. The summed E-state index contributed by atoms with van der Waals surface area (Å²) in [7, 11) is 1.28. The summed E-state index contributed by atoms with van der Waals surface area (Å²) in [5.41, 5.74) is 1.71. The molecule has 2 aromatic rings. The fraction of sp³-hybridized carbons (Fsp3) is 0.263. The first kappa shape index (κ1) is 17.6. The monoisotopic (exact) mass is 354 g/mol. The van der Waals surface area contributed by atoms with Crippen molar-refractivity contribution in [2.24, 2.45) is 0 Å². The third-order valence-electron chi connectivity index (χ3n) is 4.17. The van der Waals surface area contributed by atoms with Crippen molar-refractivity contribution in [1.82, 2.24) is 9.88 Å². The van der Waals surface area contributed by atoms with Gasteiger partial charge in [0.1, 0.15) is 18.8 Å². The van der Waals surface area contributed by atoms with E-state index in [1.165, 1.54) is 18.2 Å². The SMILES string of the molecule is COC(=O)CC1c2cccnc2C(=O)N1CC(=O)OCc1ccccc1. The van der Waals surface area contributed by atoms with Gasteiger partial charge < -0.3 is 14.4 Å². The molecular weight excluding hydrogens is 336 g/mol. The normalized spacial score (nSPS) is 15.5. The van der Waals surface area contributed by atoms with Gasteiger partial charge in [-0.25, -0.2) is 0 Å². The zero-order valence-electron chi connectivity index (χ0n) is 14.3. The number of nitrogens with zero attached hydrogens (tertiary/aromatic N) is 2. The quantitative estimate of drug-likeness (QED) is 0.737. The number of hydrogen-bond acceptors (Lipinski definition) is 6. The molecular formula is C19H18N2O5. The molecule has 1 aromatic heterocycles. The van der Waals surface area contributed by atoms with E-state index in [1.807, 2.05) is 30.3 Å². The topological polar surface area (TPSA) is 85.8 Å². The fourth-order valence-corrected chi connectivity index (χ4v) is 2.88. The Balaban J connectivity index is 1.71. The van der Waals surface area contributed by atoms with Crippen molar-refractivity contribution in [3.8, 4) is 0 Å². The summed E-state index contributed by atoms with van der Waals surface area (Å²) in [6.45, 7) is -0.141. The summed E-state index contributed by atoms with van der Waals surface area (Å²) in [6.07, 6.45) is 1.45. The second kappa shape index (κ2) is 7.77. The lowest BCUT2D eigenvalue weighted by Gasteiger charge is -2.23. The van der Waals surface area contributed by atoms with Crippen molar-refractivity contribution in [2.75, 3.05) is 13.7 Å². The largest absolute Gasteiger partial charge is 0.469 e. The first-order valence-electron chi connectivity index (χ1n) is 8.12. The number of esters is 2. The molecule has 1 aliphatic heterocycles. The molecule has 0 saturated heterocycles. The van der Waals surface area contributed by atoms with E-state index >= 15 is 0 Å². The summed E-state index contributed by atoms with van der Waals surface area (Å²) in [4.78, 5) is 41.9. The van der Waals surface area contributed by atoms with Crippen LogP contribution in [0.5, 0.6) is 0 Å². The molecule has 1 aromatic carbocycles. The number of amides is 1. The molecule has 1 amide bonds. The molecule has 3 rings (SSSR count). The number of carbonyl (C=O) groups excluding carboxylic acids is 3. The van der Waals surface area contributed by atoms with E-state index in [-0.39, 0.29) is 25.3 Å². The molecule has 0 radical (unpaired) electrons. The maximum Gasteiger partial charge on any atom is 0.326 e. The van der Waals surface area contributed by atoms with Crippen molar-refractivity contribution < 1.29 is 23.9 Å². The summed E-state index contributed by atoms with van der Waals surface area (Å²) >= 11 is 0. The Morgan fingerprint density at radius 2 is 1.88 bits per heavy atom. The van der Waals surface area contributed by atoms with E-state index in [9.17, 15) is 14.4 Å². The Morgan fingerprint density at radius 1 is 1.12 bits per heavy atom. The lowest BCUT2D eigenvalue weighted by atomic mass is 10.1. The number of ether oxygens (including phenoxy) is 2. The van der Waals surface area contributed by atoms with Crippen molar-refractivity contribution >= 4 is 17.8 Å². The highest BCUT2D eigenvalue weighted by Crippen LogP contribution is 2.34. The Labute approximate surface area is 150 Å². The highest BCUT2D eigenvalue weighted by atomic mass is 16.5. The van der Waals surface area contributed by atoms with Crippen LogP contribution in [0.3, 0.4) is 0 Å². The zero-order valence-corrected chi connectivity index (χ0v) is 14.3. The molecule has 1 aliphatic rings. The minimum atomic E-state index is -0.595. The lowest BCUT2D eigenvalue weighted by Crippen LogP contribution is -2.35. The number of hydrogen-bond donors (Lipinski definition) is 0. The number of carbonyl (C=O) groups is 3. The van der Waals surface area contributed by atoms with Crippen LogP contribution in [0.2, 0.25) is 0 Å². The van der Waals surface area contributed by atoms with E-state index in [2.05, 4.69) is 4.98 Å². The van der Waals surface area contributed by atoms with Crippen LogP contribution in [-0.4, -0.2) is 41.4 Å². The van der Waals surface area contributed by atoms with Gasteiger partial charge in [0.2, 0.25) is 0 Å². The highest BCUT2D eigenvalue weighted by Gasteiger charge is 2.40. The van der Waals surface area contributed by atoms with Crippen LogP contribution in [0.15, 0.2) is 48.7 Å². The van der Waals surface area contributed by atoms with Crippen LogP contribution in [0.25, 0.3) is 0 Å². The van der Waals surface area contributed by atoms with Crippen molar-refractivity contribution in [3.05, 3.63) is 65.5 Å². The van der Waals surface area contributed by atoms with Crippen molar-refractivity contribution in [1.29, 1.82) is 0 Å². The molecule has 0 spiro atoms. The minimum absolute atomic E-state index is 0.0487. The van der Waals surface area contributed by atoms with Crippen LogP contribution in [0.1, 0.15) is 34.1 Å². The maximum absolute atomic E-state index is 12.6. The van der Waals surface area contributed by atoms with Crippen molar-refractivity contribution in [3.63, 3.8) is 0 Å². The van der Waals surface area contributed by atoms with E-state index in [0.717, 1.165) is 5.56 Å². The van der Waals surface area contributed by atoms with E-state index < -0.39 is 23.9 Å². The molecule has 0 aliphatic carbocycles. The Bertz CT molecular complexity index is 822. The number of fused-ring (bicyclic) bond motifs is 1. The molecule has 0 N–H and O–H groups in total. The number of methoxy groups -OCH3 is 1. The first-order valence-corrected chi connectivity index (χ1v) is 8.12. The van der Waals surface area contributed by atoms with Gasteiger partial charge in [-0.1, -0.05) is 36.4 Å². The standard InChI is InChI=1S/C19H18N2O5/c1-25-16(22)10-15-14-8-5-9-20-18(14)19(24)21(15)11-17(23)26-12-13-6-3-2-4-7-13/h2-9,15H,10-12H2,1H3. The van der Waals surface area contributed by atoms with Crippen LogP contribution in [0.4, 0.5) is 0 Å². The second-order valence-electron chi connectivity index (χ2n) is 5.82. The number of benzene rings is 1. The summed E-state index contributed by atoms with van der Waals surface area (Å²) in [6, 6.07) is 12.1.